The third kappa shape index (κ3) is 3.52. The Morgan fingerprint density at radius 1 is 1.00 bits per heavy atom. The summed E-state index contributed by atoms with van der Waals surface area (Å²) in [4.78, 5) is 14.7. The van der Waals surface area contributed by atoms with Crippen molar-refractivity contribution in [1.82, 2.24) is 0 Å². The molecular formula is C19H21BrNO4P. The van der Waals surface area contributed by atoms with Crippen molar-refractivity contribution in [3.63, 3.8) is 0 Å². The minimum atomic E-state index is -3.57. The molecule has 0 saturated carbocycles. The largest absolute Gasteiger partial charge is 0.345 e. The minimum absolute atomic E-state index is 0.222. The summed E-state index contributed by atoms with van der Waals surface area (Å²) in [7, 11) is -3.57. The Balaban J connectivity index is 2.04. The number of hydrogen-bond donors (Lipinski definition) is 0. The van der Waals surface area contributed by atoms with Crippen LogP contribution in [0, 0.1) is 0 Å². The molecule has 1 amide bonds. The molecule has 5 nitrogen and oxygen atoms in total. The molecule has 26 heavy (non-hydrogen) atoms. The molecule has 0 bridgehead atoms. The minimum Gasteiger partial charge on any atom is -0.308 e. The average Bonchev–Trinajstić information content (AvgIpc) is 2.62. The summed E-state index contributed by atoms with van der Waals surface area (Å²) in [5.41, 5.74) is 0.811. The van der Waals surface area contributed by atoms with Crippen LogP contribution >= 0.6 is 23.5 Å². The van der Waals surface area contributed by atoms with E-state index in [0.717, 1.165) is 15.7 Å². The number of benzene rings is 2. The van der Waals surface area contributed by atoms with Crippen LogP contribution in [0.15, 0.2) is 59.1 Å². The highest BCUT2D eigenvalue weighted by Gasteiger charge is 2.59. The van der Waals surface area contributed by atoms with E-state index in [2.05, 4.69) is 15.9 Å². The van der Waals surface area contributed by atoms with Crippen molar-refractivity contribution < 1.29 is 18.4 Å². The van der Waals surface area contributed by atoms with Crippen molar-refractivity contribution in [2.45, 2.75) is 25.5 Å². The van der Waals surface area contributed by atoms with Gasteiger partial charge in [0.1, 0.15) is 0 Å². The van der Waals surface area contributed by atoms with E-state index < -0.39 is 19.3 Å². The van der Waals surface area contributed by atoms with Crippen molar-refractivity contribution >= 4 is 35.1 Å². The standard InChI is InChI=1S/C19H21BrNO4P/c1-3-24-26(23,25-4-2)18-17(14-10-12-15(20)13-11-14)21(19(18)22)16-8-6-5-7-9-16/h5-13,17-18H,3-4H2,1-2H3/t17-,18-/m1/s1. The van der Waals surface area contributed by atoms with Gasteiger partial charge in [-0.05, 0) is 43.7 Å². The van der Waals surface area contributed by atoms with E-state index in [1.807, 2.05) is 54.6 Å². The molecule has 0 unspecified atom stereocenters. The van der Waals surface area contributed by atoms with Gasteiger partial charge in [-0.15, -0.1) is 0 Å². The zero-order valence-corrected chi connectivity index (χ0v) is 17.2. The first-order valence-corrected chi connectivity index (χ1v) is 10.9. The Morgan fingerprint density at radius 2 is 1.58 bits per heavy atom. The lowest BCUT2D eigenvalue weighted by Gasteiger charge is -2.48. The van der Waals surface area contributed by atoms with E-state index in [4.69, 9.17) is 9.05 Å². The van der Waals surface area contributed by atoms with Gasteiger partial charge in [0.25, 0.3) is 0 Å². The van der Waals surface area contributed by atoms with Crippen LogP contribution in [0.25, 0.3) is 0 Å². The van der Waals surface area contributed by atoms with Gasteiger partial charge in [0.15, 0.2) is 5.66 Å². The van der Waals surface area contributed by atoms with Crippen LogP contribution in [0.2, 0.25) is 0 Å². The molecule has 0 aliphatic carbocycles. The SMILES string of the molecule is CCOP(=O)(OCC)[C@H]1C(=O)N(c2ccccc2)[C@@H]1c1ccc(Br)cc1. The Morgan fingerprint density at radius 3 is 2.12 bits per heavy atom. The molecule has 0 radical (unpaired) electrons. The normalized spacial score (nSPS) is 20.1. The number of para-hydroxylation sites is 1. The number of carbonyl (C=O) groups is 1. The van der Waals surface area contributed by atoms with Gasteiger partial charge in [-0.25, -0.2) is 0 Å². The summed E-state index contributed by atoms with van der Waals surface area (Å²) in [6, 6.07) is 16.6. The first-order valence-electron chi connectivity index (χ1n) is 8.54. The first-order chi connectivity index (χ1) is 12.5. The lowest BCUT2D eigenvalue weighted by Crippen LogP contribution is -2.59. The molecule has 2 atom stereocenters. The van der Waals surface area contributed by atoms with Crippen LogP contribution < -0.4 is 4.90 Å². The summed E-state index contributed by atoms with van der Waals surface area (Å²) in [6.07, 6.45) is 0. The molecule has 0 spiro atoms. The average molecular weight is 438 g/mol. The second kappa shape index (κ2) is 8.05. The number of anilines is 1. The van der Waals surface area contributed by atoms with E-state index in [-0.39, 0.29) is 19.1 Å². The predicted octanol–water partition coefficient (Wildman–Crippen LogP) is 5.17. The fourth-order valence-electron chi connectivity index (χ4n) is 3.21. The summed E-state index contributed by atoms with van der Waals surface area (Å²) >= 11 is 3.43. The number of β-lactam (4-membered cyclic amide) rings is 1. The molecule has 3 rings (SSSR count). The summed E-state index contributed by atoms with van der Waals surface area (Å²) in [5, 5.41) is 0. The maximum atomic E-state index is 13.3. The van der Waals surface area contributed by atoms with Crippen molar-refractivity contribution in [3.05, 3.63) is 64.6 Å². The quantitative estimate of drug-likeness (QED) is 0.442. The van der Waals surface area contributed by atoms with Crippen LogP contribution in [-0.4, -0.2) is 24.8 Å². The third-order valence-corrected chi connectivity index (χ3v) is 7.22. The zero-order chi connectivity index (χ0) is 18.7. The van der Waals surface area contributed by atoms with E-state index in [9.17, 15) is 9.36 Å². The van der Waals surface area contributed by atoms with Crippen LogP contribution in [0.1, 0.15) is 25.5 Å². The third-order valence-electron chi connectivity index (χ3n) is 4.27. The molecule has 1 saturated heterocycles. The second-order valence-corrected chi connectivity index (χ2v) is 8.93. The molecule has 2 aromatic carbocycles. The summed E-state index contributed by atoms with van der Waals surface area (Å²) < 4.78 is 25.2. The van der Waals surface area contributed by atoms with Crippen molar-refractivity contribution in [1.29, 1.82) is 0 Å². The first kappa shape index (κ1) is 19.3. The number of hydrogen-bond acceptors (Lipinski definition) is 4. The number of rotatable bonds is 7. The number of amides is 1. The van der Waals surface area contributed by atoms with Gasteiger partial charge < -0.3 is 13.9 Å². The Kier molecular flexibility index (Phi) is 5.98. The van der Waals surface area contributed by atoms with Crippen molar-refractivity contribution in [3.8, 4) is 0 Å². The molecule has 1 aliphatic rings. The second-order valence-electron chi connectivity index (χ2n) is 5.86. The van der Waals surface area contributed by atoms with Crippen LogP contribution in [0.5, 0.6) is 0 Å². The van der Waals surface area contributed by atoms with Crippen LogP contribution in [-0.2, 0) is 18.4 Å². The lowest BCUT2D eigenvalue weighted by molar-refractivity contribution is -0.124. The van der Waals surface area contributed by atoms with Crippen molar-refractivity contribution in [2.75, 3.05) is 18.1 Å². The molecule has 0 aromatic heterocycles. The lowest BCUT2D eigenvalue weighted by atomic mass is 9.92. The molecular weight excluding hydrogens is 417 g/mol. The van der Waals surface area contributed by atoms with E-state index in [0.29, 0.717) is 0 Å². The van der Waals surface area contributed by atoms with Crippen LogP contribution in [0.3, 0.4) is 0 Å². The maximum Gasteiger partial charge on any atom is 0.345 e. The highest BCUT2D eigenvalue weighted by atomic mass is 79.9. The molecule has 1 heterocycles. The maximum absolute atomic E-state index is 13.3. The fraction of sp³-hybridized carbons (Fsp3) is 0.316. The number of nitrogens with zero attached hydrogens (tertiary/aromatic N) is 1. The van der Waals surface area contributed by atoms with E-state index in [1.165, 1.54) is 0 Å². The van der Waals surface area contributed by atoms with E-state index in [1.54, 1.807) is 18.7 Å². The van der Waals surface area contributed by atoms with Gasteiger partial charge in [-0.2, -0.15) is 0 Å². The molecule has 7 heteroatoms. The van der Waals surface area contributed by atoms with Crippen molar-refractivity contribution in [2.24, 2.45) is 0 Å². The number of halogens is 1. The Hall–Kier alpha value is -1.46. The monoisotopic (exact) mass is 437 g/mol. The molecule has 1 fully saturated rings. The van der Waals surface area contributed by atoms with Gasteiger partial charge >= 0.3 is 7.60 Å². The van der Waals surface area contributed by atoms with Gasteiger partial charge in [-0.3, -0.25) is 9.36 Å². The van der Waals surface area contributed by atoms with Gasteiger partial charge in [-0.1, -0.05) is 46.3 Å². The molecule has 2 aromatic rings. The number of carbonyl (C=O) groups excluding carboxylic acids is 1. The topological polar surface area (TPSA) is 55.8 Å². The molecule has 138 valence electrons. The highest BCUT2D eigenvalue weighted by molar-refractivity contribution is 9.10. The Labute approximate surface area is 162 Å². The van der Waals surface area contributed by atoms with Gasteiger partial charge in [0.05, 0.1) is 19.3 Å². The fourth-order valence-corrected chi connectivity index (χ4v) is 5.63. The van der Waals surface area contributed by atoms with E-state index >= 15 is 0 Å². The molecule has 0 N–H and O–H groups in total. The predicted molar refractivity (Wildman–Crippen MR) is 105 cm³/mol. The van der Waals surface area contributed by atoms with Gasteiger partial charge in [0.2, 0.25) is 5.91 Å². The zero-order valence-electron chi connectivity index (χ0n) is 14.7. The molecule has 1 aliphatic heterocycles. The van der Waals surface area contributed by atoms with Crippen LogP contribution in [0.4, 0.5) is 5.69 Å². The van der Waals surface area contributed by atoms with Gasteiger partial charge in [0, 0.05) is 10.2 Å². The highest BCUT2D eigenvalue weighted by Crippen LogP contribution is 2.63. The summed E-state index contributed by atoms with van der Waals surface area (Å²) in [5.74, 6) is -0.241. The smallest absolute Gasteiger partial charge is 0.308 e. The Bertz CT molecular complexity index is 802. The summed E-state index contributed by atoms with van der Waals surface area (Å²) in [6.45, 7) is 3.94.